The minimum absolute atomic E-state index is 0.0655. The third-order valence-electron chi connectivity index (χ3n) is 3.01. The average Bonchev–Trinajstić information content (AvgIpc) is 3.08. The summed E-state index contributed by atoms with van der Waals surface area (Å²) in [6.45, 7) is 0.711. The van der Waals surface area contributed by atoms with E-state index in [1.54, 1.807) is 35.2 Å². The molecule has 1 aliphatic rings. The molecule has 1 fully saturated rings. The van der Waals surface area contributed by atoms with Crippen molar-refractivity contribution in [2.75, 3.05) is 12.3 Å². The largest absolute Gasteiger partial charge is 0.321 e. The standard InChI is InChI=1S/C14H12FNOS2/c15-11-4-1-3-10(9-11)13(17)16-6-8-19-14(16)12-5-2-7-18-12/h1-5,7,9,14H,6,8H2. The Balaban J connectivity index is 1.87. The van der Waals surface area contributed by atoms with E-state index < -0.39 is 0 Å². The first-order chi connectivity index (χ1) is 9.25. The molecule has 1 aromatic heterocycles. The fourth-order valence-electron chi connectivity index (χ4n) is 2.13. The van der Waals surface area contributed by atoms with Gasteiger partial charge in [-0.2, -0.15) is 0 Å². The molecule has 3 rings (SSSR count). The maximum Gasteiger partial charge on any atom is 0.255 e. The summed E-state index contributed by atoms with van der Waals surface area (Å²) in [6, 6.07) is 9.93. The van der Waals surface area contributed by atoms with E-state index in [0.717, 1.165) is 5.75 Å². The lowest BCUT2D eigenvalue weighted by molar-refractivity contribution is 0.0761. The molecule has 1 amide bonds. The molecule has 2 aromatic rings. The van der Waals surface area contributed by atoms with Crippen LogP contribution in [0.2, 0.25) is 0 Å². The first-order valence-electron chi connectivity index (χ1n) is 5.97. The van der Waals surface area contributed by atoms with Gasteiger partial charge in [-0.3, -0.25) is 4.79 Å². The van der Waals surface area contributed by atoms with E-state index in [1.807, 2.05) is 22.4 Å². The number of nitrogens with zero attached hydrogens (tertiary/aromatic N) is 1. The predicted octanol–water partition coefficient (Wildman–Crippen LogP) is 3.78. The average molecular weight is 293 g/mol. The maximum absolute atomic E-state index is 13.2. The summed E-state index contributed by atoms with van der Waals surface area (Å²) in [6.07, 6.45) is 0. The number of hydrogen-bond acceptors (Lipinski definition) is 3. The molecule has 1 saturated heterocycles. The van der Waals surface area contributed by atoms with Crippen molar-refractivity contribution in [2.45, 2.75) is 5.37 Å². The van der Waals surface area contributed by atoms with E-state index in [1.165, 1.54) is 17.0 Å². The molecule has 0 spiro atoms. The zero-order valence-corrected chi connectivity index (χ0v) is 11.7. The van der Waals surface area contributed by atoms with Gasteiger partial charge >= 0.3 is 0 Å². The van der Waals surface area contributed by atoms with Crippen LogP contribution in [0.15, 0.2) is 41.8 Å². The van der Waals surface area contributed by atoms with E-state index in [9.17, 15) is 9.18 Å². The van der Waals surface area contributed by atoms with Gasteiger partial charge < -0.3 is 4.90 Å². The Morgan fingerprint density at radius 1 is 1.32 bits per heavy atom. The molecule has 0 saturated carbocycles. The lowest BCUT2D eigenvalue weighted by atomic mass is 10.2. The third kappa shape index (κ3) is 2.53. The van der Waals surface area contributed by atoms with Crippen molar-refractivity contribution in [3.8, 4) is 0 Å². The molecule has 1 unspecified atom stereocenters. The lowest BCUT2D eigenvalue weighted by Gasteiger charge is -2.23. The number of amides is 1. The van der Waals surface area contributed by atoms with Gasteiger partial charge in [0.25, 0.3) is 5.91 Å². The summed E-state index contributed by atoms with van der Waals surface area (Å²) in [5.74, 6) is 0.456. The molecule has 1 atom stereocenters. The van der Waals surface area contributed by atoms with Crippen LogP contribution in [0.4, 0.5) is 4.39 Å². The molecule has 98 valence electrons. The summed E-state index contributed by atoms with van der Waals surface area (Å²) >= 11 is 3.41. The van der Waals surface area contributed by atoms with Gasteiger partial charge in [-0.15, -0.1) is 23.1 Å². The highest BCUT2D eigenvalue weighted by Crippen LogP contribution is 2.40. The molecule has 0 bridgehead atoms. The number of thioether (sulfide) groups is 1. The van der Waals surface area contributed by atoms with Crippen LogP contribution in [0.5, 0.6) is 0 Å². The zero-order valence-electron chi connectivity index (χ0n) is 10.1. The smallest absolute Gasteiger partial charge is 0.255 e. The van der Waals surface area contributed by atoms with Crippen molar-refractivity contribution < 1.29 is 9.18 Å². The van der Waals surface area contributed by atoms with Crippen LogP contribution in [0.3, 0.4) is 0 Å². The summed E-state index contributed by atoms with van der Waals surface area (Å²) in [5, 5.41) is 2.08. The number of hydrogen-bond donors (Lipinski definition) is 0. The Kier molecular flexibility index (Phi) is 3.57. The van der Waals surface area contributed by atoms with Crippen molar-refractivity contribution in [3.63, 3.8) is 0 Å². The van der Waals surface area contributed by atoms with E-state index in [4.69, 9.17) is 0 Å². The van der Waals surface area contributed by atoms with Crippen LogP contribution >= 0.6 is 23.1 Å². The number of benzene rings is 1. The van der Waals surface area contributed by atoms with Crippen LogP contribution in [0.25, 0.3) is 0 Å². The van der Waals surface area contributed by atoms with Crippen LogP contribution in [-0.2, 0) is 0 Å². The van der Waals surface area contributed by atoms with Gasteiger partial charge in [-0.05, 0) is 29.6 Å². The molecule has 0 aliphatic carbocycles. The topological polar surface area (TPSA) is 20.3 Å². The van der Waals surface area contributed by atoms with Gasteiger partial charge in [-0.25, -0.2) is 4.39 Å². The molecule has 1 aliphatic heterocycles. The monoisotopic (exact) mass is 293 g/mol. The van der Waals surface area contributed by atoms with Gasteiger partial charge in [0.1, 0.15) is 11.2 Å². The Morgan fingerprint density at radius 3 is 2.95 bits per heavy atom. The summed E-state index contributed by atoms with van der Waals surface area (Å²) in [4.78, 5) is 15.5. The maximum atomic E-state index is 13.2. The zero-order chi connectivity index (χ0) is 13.2. The van der Waals surface area contributed by atoms with E-state index in [-0.39, 0.29) is 17.1 Å². The Morgan fingerprint density at radius 2 is 2.21 bits per heavy atom. The van der Waals surface area contributed by atoms with Crippen LogP contribution in [-0.4, -0.2) is 23.1 Å². The molecule has 0 N–H and O–H groups in total. The Hall–Kier alpha value is -1.33. The molecule has 2 nitrogen and oxygen atoms in total. The molecule has 1 aromatic carbocycles. The number of carbonyl (C=O) groups excluding carboxylic acids is 1. The first kappa shape index (κ1) is 12.7. The minimum atomic E-state index is -0.370. The number of thiophene rings is 1. The van der Waals surface area contributed by atoms with Crippen molar-refractivity contribution in [1.29, 1.82) is 0 Å². The molecule has 19 heavy (non-hydrogen) atoms. The highest BCUT2D eigenvalue weighted by atomic mass is 32.2. The fraction of sp³-hybridized carbons (Fsp3) is 0.214. The third-order valence-corrected chi connectivity index (χ3v) is 5.33. The van der Waals surface area contributed by atoms with Crippen molar-refractivity contribution in [3.05, 3.63) is 58.0 Å². The second-order valence-corrected chi connectivity index (χ2v) is 6.41. The van der Waals surface area contributed by atoms with Crippen molar-refractivity contribution in [1.82, 2.24) is 4.90 Å². The second-order valence-electron chi connectivity index (χ2n) is 4.25. The Bertz CT molecular complexity index is 585. The molecule has 2 heterocycles. The van der Waals surface area contributed by atoms with Gasteiger partial charge in [0, 0.05) is 22.7 Å². The van der Waals surface area contributed by atoms with E-state index >= 15 is 0 Å². The van der Waals surface area contributed by atoms with Gasteiger partial charge in [0.2, 0.25) is 0 Å². The molecule has 0 radical (unpaired) electrons. The summed E-state index contributed by atoms with van der Waals surface area (Å²) < 4.78 is 13.2. The molecule has 5 heteroatoms. The van der Waals surface area contributed by atoms with Gasteiger partial charge in [0.15, 0.2) is 0 Å². The van der Waals surface area contributed by atoms with Gasteiger partial charge in [0.05, 0.1) is 0 Å². The molecular formula is C14H12FNOS2. The normalized spacial score (nSPS) is 18.8. The summed E-state index contributed by atoms with van der Waals surface area (Å²) in [7, 11) is 0. The van der Waals surface area contributed by atoms with Crippen LogP contribution in [0, 0.1) is 5.82 Å². The van der Waals surface area contributed by atoms with Crippen molar-refractivity contribution in [2.24, 2.45) is 0 Å². The quantitative estimate of drug-likeness (QED) is 0.840. The summed E-state index contributed by atoms with van der Waals surface area (Å²) in [5.41, 5.74) is 0.420. The first-order valence-corrected chi connectivity index (χ1v) is 7.90. The highest BCUT2D eigenvalue weighted by Gasteiger charge is 2.31. The van der Waals surface area contributed by atoms with Crippen LogP contribution in [0.1, 0.15) is 20.6 Å². The van der Waals surface area contributed by atoms with E-state index in [0.29, 0.717) is 12.1 Å². The number of carbonyl (C=O) groups is 1. The van der Waals surface area contributed by atoms with Gasteiger partial charge in [-0.1, -0.05) is 12.1 Å². The van der Waals surface area contributed by atoms with Crippen LogP contribution < -0.4 is 0 Å². The predicted molar refractivity (Wildman–Crippen MR) is 77.0 cm³/mol. The number of rotatable bonds is 2. The van der Waals surface area contributed by atoms with E-state index in [2.05, 4.69) is 0 Å². The number of halogens is 1. The fourth-order valence-corrected chi connectivity index (χ4v) is 4.37. The Labute approximate surface area is 119 Å². The SMILES string of the molecule is O=C(c1cccc(F)c1)N1CCSC1c1cccs1. The van der Waals surface area contributed by atoms with Crippen molar-refractivity contribution >= 4 is 29.0 Å². The minimum Gasteiger partial charge on any atom is -0.321 e. The lowest BCUT2D eigenvalue weighted by Crippen LogP contribution is -2.30. The highest BCUT2D eigenvalue weighted by molar-refractivity contribution is 7.99. The second kappa shape index (κ2) is 5.35. The molecular weight excluding hydrogens is 281 g/mol.